The lowest BCUT2D eigenvalue weighted by atomic mass is 10.2. The first kappa shape index (κ1) is 10.5. The van der Waals surface area contributed by atoms with Crippen molar-refractivity contribution in [1.82, 2.24) is 0 Å². The third-order valence-electron chi connectivity index (χ3n) is 1.80. The van der Waals surface area contributed by atoms with Crippen LogP contribution in [0.15, 0.2) is 18.2 Å². The van der Waals surface area contributed by atoms with Gasteiger partial charge in [0.15, 0.2) is 11.5 Å². The summed E-state index contributed by atoms with van der Waals surface area (Å²) in [5, 5.41) is 0. The largest absolute Gasteiger partial charge is 0.493 e. The number of aryl methyl sites for hydroxylation is 1. The molecule has 0 heterocycles. The molecule has 74 valence electrons. The zero-order chi connectivity index (χ0) is 10.4. The van der Waals surface area contributed by atoms with E-state index in [1.807, 2.05) is 25.1 Å². The number of benzene rings is 1. The Morgan fingerprint density at radius 2 is 2.07 bits per heavy atom. The van der Waals surface area contributed by atoms with Crippen LogP contribution in [0.3, 0.4) is 0 Å². The molecule has 0 aliphatic rings. The van der Waals surface area contributed by atoms with Crippen molar-refractivity contribution in [3.05, 3.63) is 23.8 Å². The zero-order valence-electron chi connectivity index (χ0n) is 8.76. The second-order valence-electron chi connectivity index (χ2n) is 2.87. The molecule has 1 aromatic carbocycles. The predicted molar refractivity (Wildman–Crippen MR) is 56.7 cm³/mol. The minimum Gasteiger partial charge on any atom is -0.493 e. The Hall–Kier alpha value is -1.62. The molecule has 0 atom stereocenters. The van der Waals surface area contributed by atoms with E-state index >= 15 is 0 Å². The van der Waals surface area contributed by atoms with Gasteiger partial charge in [-0.1, -0.05) is 12.0 Å². The summed E-state index contributed by atoms with van der Waals surface area (Å²) in [6.45, 7) is 4.20. The van der Waals surface area contributed by atoms with Crippen molar-refractivity contribution in [2.75, 3.05) is 13.7 Å². The minimum atomic E-state index is 0.399. The smallest absolute Gasteiger partial charge is 0.162 e. The molecule has 0 bridgehead atoms. The summed E-state index contributed by atoms with van der Waals surface area (Å²) in [6.07, 6.45) is 0. The highest BCUT2D eigenvalue weighted by molar-refractivity contribution is 5.42. The summed E-state index contributed by atoms with van der Waals surface area (Å²) in [5.74, 6) is 7.10. The molecule has 14 heavy (non-hydrogen) atoms. The van der Waals surface area contributed by atoms with E-state index in [-0.39, 0.29) is 0 Å². The van der Waals surface area contributed by atoms with E-state index < -0.39 is 0 Å². The van der Waals surface area contributed by atoms with Gasteiger partial charge >= 0.3 is 0 Å². The van der Waals surface area contributed by atoms with Gasteiger partial charge in [-0.05, 0) is 31.5 Å². The van der Waals surface area contributed by atoms with E-state index in [9.17, 15) is 0 Å². The molecule has 0 fully saturated rings. The summed E-state index contributed by atoms with van der Waals surface area (Å²) < 4.78 is 10.6. The molecule has 0 saturated carbocycles. The van der Waals surface area contributed by atoms with Crippen molar-refractivity contribution in [3.8, 4) is 23.3 Å². The minimum absolute atomic E-state index is 0.399. The van der Waals surface area contributed by atoms with Crippen LogP contribution in [0, 0.1) is 18.8 Å². The monoisotopic (exact) mass is 190 g/mol. The molecule has 0 amide bonds. The average Bonchev–Trinajstić information content (AvgIpc) is 2.20. The van der Waals surface area contributed by atoms with Gasteiger partial charge in [0, 0.05) is 0 Å². The SMILES string of the molecule is CC#CCOc1ccc(C)cc1OC. The van der Waals surface area contributed by atoms with Gasteiger partial charge in [-0.3, -0.25) is 0 Å². The first-order valence-electron chi connectivity index (χ1n) is 4.45. The molecule has 0 unspecified atom stereocenters. The molecule has 2 heteroatoms. The molecule has 1 rings (SSSR count). The van der Waals surface area contributed by atoms with Gasteiger partial charge in [0.25, 0.3) is 0 Å². The highest BCUT2D eigenvalue weighted by Crippen LogP contribution is 2.27. The second kappa shape index (κ2) is 5.18. The third kappa shape index (κ3) is 2.70. The Balaban J connectivity index is 2.78. The maximum Gasteiger partial charge on any atom is 0.162 e. The van der Waals surface area contributed by atoms with Crippen molar-refractivity contribution >= 4 is 0 Å². The van der Waals surface area contributed by atoms with E-state index in [0.717, 1.165) is 17.1 Å². The molecule has 0 N–H and O–H groups in total. The highest BCUT2D eigenvalue weighted by atomic mass is 16.5. The highest BCUT2D eigenvalue weighted by Gasteiger charge is 2.02. The van der Waals surface area contributed by atoms with Gasteiger partial charge in [-0.25, -0.2) is 0 Å². The molecule has 0 aliphatic carbocycles. The Labute approximate surface area is 84.8 Å². The maximum atomic E-state index is 5.42. The van der Waals surface area contributed by atoms with Gasteiger partial charge in [-0.15, -0.1) is 5.92 Å². The summed E-state index contributed by atoms with van der Waals surface area (Å²) in [6, 6.07) is 5.82. The molecule has 2 nitrogen and oxygen atoms in total. The van der Waals surface area contributed by atoms with Crippen LogP contribution in [0.5, 0.6) is 11.5 Å². The topological polar surface area (TPSA) is 18.5 Å². The van der Waals surface area contributed by atoms with Crippen molar-refractivity contribution in [2.24, 2.45) is 0 Å². The van der Waals surface area contributed by atoms with Gasteiger partial charge in [-0.2, -0.15) is 0 Å². The number of hydrogen-bond acceptors (Lipinski definition) is 2. The van der Waals surface area contributed by atoms with Gasteiger partial charge in [0.05, 0.1) is 7.11 Å². The first-order chi connectivity index (χ1) is 6.77. The Kier molecular flexibility index (Phi) is 3.87. The Morgan fingerprint density at radius 1 is 1.29 bits per heavy atom. The molecule has 0 radical (unpaired) electrons. The first-order valence-corrected chi connectivity index (χ1v) is 4.45. The van der Waals surface area contributed by atoms with Crippen LogP contribution in [0.4, 0.5) is 0 Å². The van der Waals surface area contributed by atoms with Crippen LogP contribution in [-0.2, 0) is 0 Å². The summed E-state index contributed by atoms with van der Waals surface area (Å²) in [4.78, 5) is 0. The van der Waals surface area contributed by atoms with Crippen LogP contribution >= 0.6 is 0 Å². The van der Waals surface area contributed by atoms with Crippen molar-refractivity contribution in [2.45, 2.75) is 13.8 Å². The molecular weight excluding hydrogens is 176 g/mol. The zero-order valence-corrected chi connectivity index (χ0v) is 8.76. The molecular formula is C12H14O2. The molecule has 1 aromatic rings. The van der Waals surface area contributed by atoms with E-state index in [4.69, 9.17) is 9.47 Å². The third-order valence-corrected chi connectivity index (χ3v) is 1.80. The van der Waals surface area contributed by atoms with E-state index in [1.54, 1.807) is 14.0 Å². The second-order valence-corrected chi connectivity index (χ2v) is 2.87. The van der Waals surface area contributed by atoms with Crippen molar-refractivity contribution < 1.29 is 9.47 Å². The normalized spacial score (nSPS) is 8.79. The van der Waals surface area contributed by atoms with Crippen LogP contribution < -0.4 is 9.47 Å². The van der Waals surface area contributed by atoms with Crippen molar-refractivity contribution in [1.29, 1.82) is 0 Å². The van der Waals surface area contributed by atoms with Crippen LogP contribution in [0.1, 0.15) is 12.5 Å². The van der Waals surface area contributed by atoms with Gasteiger partial charge < -0.3 is 9.47 Å². The molecule has 0 spiro atoms. The van der Waals surface area contributed by atoms with Crippen molar-refractivity contribution in [3.63, 3.8) is 0 Å². The standard InChI is InChI=1S/C12H14O2/c1-4-5-8-14-11-7-6-10(2)9-12(11)13-3/h6-7,9H,8H2,1-3H3. The predicted octanol–water partition coefficient (Wildman–Crippen LogP) is 2.41. The Bertz CT molecular complexity index is 358. The maximum absolute atomic E-state index is 5.42. The van der Waals surface area contributed by atoms with Crippen LogP contribution in [0.25, 0.3) is 0 Å². The van der Waals surface area contributed by atoms with E-state index in [1.165, 1.54) is 0 Å². The number of methoxy groups -OCH3 is 1. The number of hydrogen-bond donors (Lipinski definition) is 0. The average molecular weight is 190 g/mol. The quantitative estimate of drug-likeness (QED) is 0.681. The summed E-state index contributed by atoms with van der Waals surface area (Å²) >= 11 is 0. The molecule has 0 aliphatic heterocycles. The lowest BCUT2D eigenvalue weighted by Crippen LogP contribution is -1.96. The number of rotatable bonds is 3. The fourth-order valence-electron chi connectivity index (χ4n) is 1.08. The lowest BCUT2D eigenvalue weighted by molar-refractivity contribution is 0.330. The molecule has 0 aromatic heterocycles. The summed E-state index contributed by atoms with van der Waals surface area (Å²) in [5.41, 5.74) is 1.15. The van der Waals surface area contributed by atoms with Gasteiger partial charge in [0.1, 0.15) is 6.61 Å². The number of ether oxygens (including phenoxy) is 2. The fraction of sp³-hybridized carbons (Fsp3) is 0.333. The summed E-state index contributed by atoms with van der Waals surface area (Å²) in [7, 11) is 1.63. The van der Waals surface area contributed by atoms with E-state index in [0.29, 0.717) is 6.61 Å². The lowest BCUT2D eigenvalue weighted by Gasteiger charge is -2.08. The fourth-order valence-corrected chi connectivity index (χ4v) is 1.08. The van der Waals surface area contributed by atoms with Crippen LogP contribution in [-0.4, -0.2) is 13.7 Å². The van der Waals surface area contributed by atoms with E-state index in [2.05, 4.69) is 11.8 Å². The molecule has 0 saturated heterocycles. The van der Waals surface area contributed by atoms with Gasteiger partial charge in [0.2, 0.25) is 0 Å². The Morgan fingerprint density at radius 3 is 2.71 bits per heavy atom. The van der Waals surface area contributed by atoms with Crippen LogP contribution in [0.2, 0.25) is 0 Å².